The Kier molecular flexibility index (Phi) is 4.33. The third-order valence-corrected chi connectivity index (χ3v) is 3.31. The molecule has 1 fully saturated rings. The number of nitrogens with zero attached hydrogens (tertiary/aromatic N) is 1. The lowest BCUT2D eigenvalue weighted by atomic mass is 10.2. The molecule has 0 spiro atoms. The van der Waals surface area contributed by atoms with Crippen LogP contribution in [0, 0.1) is 0 Å². The molecule has 14 heavy (non-hydrogen) atoms. The molecule has 1 saturated heterocycles. The molecule has 1 heterocycles. The van der Waals surface area contributed by atoms with Gasteiger partial charge in [0.25, 0.3) is 0 Å². The van der Waals surface area contributed by atoms with Crippen molar-refractivity contribution in [3.8, 4) is 0 Å². The first-order valence-corrected chi connectivity index (χ1v) is 5.46. The van der Waals surface area contributed by atoms with Crippen molar-refractivity contribution in [3.05, 3.63) is 0 Å². The molecule has 0 N–H and O–H groups in total. The summed E-state index contributed by atoms with van der Waals surface area (Å²) in [6.45, 7) is 5.16. The smallest absolute Gasteiger partial charge is 0.218 e. The predicted molar refractivity (Wildman–Crippen MR) is 57.1 cm³/mol. The van der Waals surface area contributed by atoms with Crippen LogP contribution in [0.3, 0.4) is 0 Å². The fourth-order valence-electron chi connectivity index (χ4n) is 0.965. The summed E-state index contributed by atoms with van der Waals surface area (Å²) in [5, 5.41) is 4.15. The standard InChI is InChI=1S/C8H13Cl3NO2/c1-7(2,8(9,10)11)14-6-5-12-3-4-13-6/h6H,3-5H2,1-2H3. The summed E-state index contributed by atoms with van der Waals surface area (Å²) in [6.07, 6.45) is -0.408. The van der Waals surface area contributed by atoms with Gasteiger partial charge in [0.2, 0.25) is 3.79 Å². The van der Waals surface area contributed by atoms with Crippen LogP contribution in [0.15, 0.2) is 0 Å². The zero-order chi connectivity index (χ0) is 10.8. The summed E-state index contributed by atoms with van der Waals surface area (Å²) < 4.78 is 9.37. The molecule has 1 aliphatic heterocycles. The topological polar surface area (TPSA) is 32.6 Å². The Hall–Kier alpha value is 0.750. The Morgan fingerprint density at radius 1 is 1.36 bits per heavy atom. The number of ether oxygens (including phenoxy) is 2. The van der Waals surface area contributed by atoms with Gasteiger partial charge in [0, 0.05) is 6.54 Å². The Balaban J connectivity index is 2.49. The second-order valence-corrected chi connectivity index (χ2v) is 5.84. The van der Waals surface area contributed by atoms with Gasteiger partial charge in [-0.25, -0.2) is 5.32 Å². The molecule has 1 rings (SSSR count). The van der Waals surface area contributed by atoms with Gasteiger partial charge < -0.3 is 9.47 Å². The van der Waals surface area contributed by atoms with Crippen molar-refractivity contribution < 1.29 is 9.47 Å². The Labute approximate surface area is 99.0 Å². The number of alkyl halides is 3. The zero-order valence-corrected chi connectivity index (χ0v) is 10.4. The molecule has 83 valence electrons. The van der Waals surface area contributed by atoms with E-state index in [-0.39, 0.29) is 0 Å². The van der Waals surface area contributed by atoms with Gasteiger partial charge in [0.05, 0.1) is 13.2 Å². The molecule has 0 bridgehead atoms. The van der Waals surface area contributed by atoms with E-state index < -0.39 is 15.7 Å². The molecule has 1 aliphatic rings. The molecule has 6 heteroatoms. The summed E-state index contributed by atoms with van der Waals surface area (Å²) in [7, 11) is 0. The van der Waals surface area contributed by atoms with Crippen molar-refractivity contribution in [2.45, 2.75) is 29.5 Å². The van der Waals surface area contributed by atoms with Gasteiger partial charge in [0.15, 0.2) is 6.29 Å². The molecule has 3 nitrogen and oxygen atoms in total. The van der Waals surface area contributed by atoms with E-state index in [1.807, 2.05) is 0 Å². The molecule has 0 aliphatic carbocycles. The number of morpholine rings is 1. The minimum absolute atomic E-state index is 0.408. The average Bonchev–Trinajstić information content (AvgIpc) is 2.03. The van der Waals surface area contributed by atoms with Crippen molar-refractivity contribution in [2.24, 2.45) is 0 Å². The van der Waals surface area contributed by atoms with Gasteiger partial charge >= 0.3 is 0 Å². The van der Waals surface area contributed by atoms with E-state index in [9.17, 15) is 0 Å². The maximum atomic E-state index is 5.76. The Bertz CT molecular complexity index is 188. The van der Waals surface area contributed by atoms with Crippen molar-refractivity contribution in [1.82, 2.24) is 5.32 Å². The predicted octanol–water partition coefficient (Wildman–Crippen LogP) is 2.11. The number of hydrogen-bond donors (Lipinski definition) is 0. The van der Waals surface area contributed by atoms with Crippen molar-refractivity contribution >= 4 is 34.8 Å². The summed E-state index contributed by atoms with van der Waals surface area (Å²) in [5.41, 5.74) is -0.894. The van der Waals surface area contributed by atoms with Crippen LogP contribution in [-0.4, -0.2) is 35.4 Å². The van der Waals surface area contributed by atoms with Gasteiger partial charge in [-0.2, -0.15) is 0 Å². The third kappa shape index (κ3) is 3.40. The van der Waals surface area contributed by atoms with Crippen LogP contribution in [0.5, 0.6) is 0 Å². The lowest BCUT2D eigenvalue weighted by Crippen LogP contribution is -2.47. The van der Waals surface area contributed by atoms with Crippen LogP contribution in [0.2, 0.25) is 0 Å². The maximum absolute atomic E-state index is 5.76. The van der Waals surface area contributed by atoms with E-state index >= 15 is 0 Å². The van der Waals surface area contributed by atoms with Crippen LogP contribution >= 0.6 is 34.8 Å². The molecule has 0 aromatic carbocycles. The van der Waals surface area contributed by atoms with Crippen molar-refractivity contribution in [3.63, 3.8) is 0 Å². The highest BCUT2D eigenvalue weighted by Crippen LogP contribution is 2.41. The van der Waals surface area contributed by atoms with Crippen LogP contribution in [0.4, 0.5) is 0 Å². The highest BCUT2D eigenvalue weighted by Gasteiger charge is 2.43. The van der Waals surface area contributed by atoms with Crippen molar-refractivity contribution in [2.75, 3.05) is 19.7 Å². The highest BCUT2D eigenvalue weighted by atomic mass is 35.6. The third-order valence-electron chi connectivity index (χ3n) is 1.94. The fraction of sp³-hybridized carbons (Fsp3) is 1.00. The van der Waals surface area contributed by atoms with E-state index in [1.54, 1.807) is 13.8 Å². The maximum Gasteiger partial charge on any atom is 0.218 e. The summed E-state index contributed by atoms with van der Waals surface area (Å²) in [5.74, 6) is 0. The molecule has 0 saturated carbocycles. The van der Waals surface area contributed by atoms with Crippen LogP contribution in [0.1, 0.15) is 13.8 Å². The molecule has 1 unspecified atom stereocenters. The molecule has 0 amide bonds. The van der Waals surface area contributed by atoms with E-state index in [1.165, 1.54) is 0 Å². The van der Waals surface area contributed by atoms with Gasteiger partial charge in [-0.05, 0) is 13.8 Å². The van der Waals surface area contributed by atoms with Crippen LogP contribution in [0.25, 0.3) is 0 Å². The normalized spacial score (nSPS) is 25.1. The largest absolute Gasteiger partial charge is 0.350 e. The Morgan fingerprint density at radius 2 is 2.00 bits per heavy atom. The van der Waals surface area contributed by atoms with Gasteiger partial charge in [0.1, 0.15) is 5.60 Å². The van der Waals surface area contributed by atoms with Crippen LogP contribution < -0.4 is 5.32 Å². The minimum Gasteiger partial charge on any atom is -0.350 e. The lowest BCUT2D eigenvalue weighted by Gasteiger charge is -2.36. The van der Waals surface area contributed by atoms with E-state index in [4.69, 9.17) is 44.3 Å². The lowest BCUT2D eigenvalue weighted by molar-refractivity contribution is -0.206. The number of rotatable bonds is 2. The quantitative estimate of drug-likeness (QED) is 0.713. The summed E-state index contributed by atoms with van der Waals surface area (Å²) >= 11 is 17.3. The van der Waals surface area contributed by atoms with Crippen LogP contribution in [-0.2, 0) is 9.47 Å². The number of halogens is 3. The first kappa shape index (κ1) is 12.8. The average molecular weight is 262 g/mol. The monoisotopic (exact) mass is 260 g/mol. The van der Waals surface area contributed by atoms with E-state index in [0.29, 0.717) is 19.7 Å². The van der Waals surface area contributed by atoms with E-state index in [2.05, 4.69) is 5.32 Å². The van der Waals surface area contributed by atoms with Gasteiger partial charge in [-0.1, -0.05) is 34.8 Å². The zero-order valence-electron chi connectivity index (χ0n) is 8.10. The first-order chi connectivity index (χ1) is 6.33. The van der Waals surface area contributed by atoms with Crippen molar-refractivity contribution in [1.29, 1.82) is 0 Å². The molecular weight excluding hydrogens is 248 g/mol. The summed E-state index contributed by atoms with van der Waals surface area (Å²) in [6, 6.07) is 0. The molecule has 0 aromatic heterocycles. The highest BCUT2D eigenvalue weighted by molar-refractivity contribution is 6.68. The minimum atomic E-state index is -1.48. The van der Waals surface area contributed by atoms with Gasteiger partial charge in [-0.3, -0.25) is 0 Å². The molecule has 1 radical (unpaired) electrons. The molecule has 0 aromatic rings. The molecular formula is C8H13Cl3NO2. The second-order valence-electron chi connectivity index (χ2n) is 3.56. The molecule has 1 atom stereocenters. The second kappa shape index (κ2) is 4.73. The Morgan fingerprint density at radius 3 is 2.43 bits per heavy atom. The first-order valence-electron chi connectivity index (χ1n) is 4.32. The van der Waals surface area contributed by atoms with E-state index in [0.717, 1.165) is 0 Å². The summed E-state index contributed by atoms with van der Waals surface area (Å²) in [4.78, 5) is 0. The SMILES string of the molecule is CC(C)(OC1C[N]CCO1)C(Cl)(Cl)Cl. The fourth-order valence-corrected chi connectivity index (χ4v) is 1.10. The number of hydrogen-bond acceptors (Lipinski definition) is 2. The van der Waals surface area contributed by atoms with Gasteiger partial charge in [-0.15, -0.1) is 0 Å².